The van der Waals surface area contributed by atoms with Gasteiger partial charge in [0.25, 0.3) is 0 Å². The lowest BCUT2D eigenvalue weighted by atomic mass is 10.0. The number of hydrogen-bond acceptors (Lipinski definition) is 2. The van der Waals surface area contributed by atoms with E-state index in [1.165, 1.54) is 18.2 Å². The number of carbonyl (C=O) groups is 1. The van der Waals surface area contributed by atoms with Gasteiger partial charge >= 0.3 is 0 Å². The number of rotatable bonds is 2. The molecule has 15 heavy (non-hydrogen) atoms. The number of benzene rings is 1. The Morgan fingerprint density at radius 1 is 1.33 bits per heavy atom. The summed E-state index contributed by atoms with van der Waals surface area (Å²) in [5, 5.41) is 1.93. The molecule has 0 aliphatic carbocycles. The maximum atomic E-state index is 13.1. The normalized spacial score (nSPS) is 10.3. The molecule has 2 aromatic rings. The Labute approximate surface area is 91.2 Å². The largest absolute Gasteiger partial charge is 0.298 e. The molecule has 0 aliphatic heterocycles. The molecule has 3 heteroatoms. The molecule has 0 radical (unpaired) electrons. The van der Waals surface area contributed by atoms with Crippen molar-refractivity contribution in [3.8, 4) is 11.1 Å². The van der Waals surface area contributed by atoms with Gasteiger partial charge in [0.05, 0.1) is 0 Å². The molecule has 76 valence electrons. The van der Waals surface area contributed by atoms with E-state index in [0.29, 0.717) is 11.1 Å². The summed E-state index contributed by atoms with van der Waals surface area (Å²) in [6, 6.07) is 6.15. The Balaban J connectivity index is 2.59. The summed E-state index contributed by atoms with van der Waals surface area (Å²) in [6.45, 7) is 1.98. The zero-order valence-electron chi connectivity index (χ0n) is 8.16. The van der Waals surface area contributed by atoms with Gasteiger partial charge in [0.2, 0.25) is 0 Å². The Morgan fingerprint density at radius 2 is 2.13 bits per heavy atom. The van der Waals surface area contributed by atoms with Gasteiger partial charge < -0.3 is 0 Å². The van der Waals surface area contributed by atoms with E-state index in [2.05, 4.69) is 0 Å². The summed E-state index contributed by atoms with van der Waals surface area (Å²) in [4.78, 5) is 11.9. The third-order valence-corrected chi connectivity index (χ3v) is 3.05. The van der Waals surface area contributed by atoms with Crippen molar-refractivity contribution in [3.63, 3.8) is 0 Å². The summed E-state index contributed by atoms with van der Waals surface area (Å²) >= 11 is 1.59. The molecule has 0 atom stereocenters. The summed E-state index contributed by atoms with van der Waals surface area (Å²) in [7, 11) is 0. The first-order valence-corrected chi connectivity index (χ1v) is 5.39. The Hall–Kier alpha value is -1.48. The number of aryl methyl sites for hydroxylation is 1. The van der Waals surface area contributed by atoms with Gasteiger partial charge in [0, 0.05) is 10.4 Å². The van der Waals surface area contributed by atoms with Crippen molar-refractivity contribution in [1.82, 2.24) is 0 Å². The van der Waals surface area contributed by atoms with Gasteiger partial charge in [-0.2, -0.15) is 0 Å². The van der Waals surface area contributed by atoms with Crippen LogP contribution in [0.15, 0.2) is 29.6 Å². The van der Waals surface area contributed by atoms with Crippen molar-refractivity contribution in [2.75, 3.05) is 0 Å². The minimum Gasteiger partial charge on any atom is -0.298 e. The number of halogens is 1. The van der Waals surface area contributed by atoms with E-state index < -0.39 is 0 Å². The molecule has 0 N–H and O–H groups in total. The molecular formula is C12H9FOS. The van der Waals surface area contributed by atoms with E-state index in [1.807, 2.05) is 18.4 Å². The van der Waals surface area contributed by atoms with E-state index in [1.54, 1.807) is 11.3 Å². The molecule has 1 aromatic carbocycles. The van der Waals surface area contributed by atoms with Crippen LogP contribution >= 0.6 is 11.3 Å². The molecule has 0 aliphatic rings. The van der Waals surface area contributed by atoms with Crippen LogP contribution in [0, 0.1) is 12.7 Å². The quantitative estimate of drug-likeness (QED) is 0.706. The number of aldehydes is 1. The molecule has 1 nitrogen and oxygen atoms in total. The molecule has 0 saturated heterocycles. The Bertz CT molecular complexity index is 502. The topological polar surface area (TPSA) is 17.1 Å². The molecule has 1 aromatic heterocycles. The second-order valence-corrected chi connectivity index (χ2v) is 4.41. The van der Waals surface area contributed by atoms with Crippen molar-refractivity contribution in [2.45, 2.75) is 6.92 Å². The highest BCUT2D eigenvalue weighted by Crippen LogP contribution is 2.28. The van der Waals surface area contributed by atoms with Crippen LogP contribution in [0.2, 0.25) is 0 Å². The van der Waals surface area contributed by atoms with Crippen LogP contribution in [0.1, 0.15) is 15.2 Å². The van der Waals surface area contributed by atoms with Crippen LogP contribution in [-0.2, 0) is 0 Å². The number of carbonyl (C=O) groups excluding carboxylic acids is 1. The number of thiophene rings is 1. The maximum absolute atomic E-state index is 13.1. The summed E-state index contributed by atoms with van der Waals surface area (Å²) < 4.78 is 13.1. The van der Waals surface area contributed by atoms with Crippen molar-refractivity contribution in [2.24, 2.45) is 0 Å². The smallest absolute Gasteiger partial charge is 0.150 e. The first kappa shape index (κ1) is 10.1. The summed E-state index contributed by atoms with van der Waals surface area (Å²) in [5.41, 5.74) is 2.09. The van der Waals surface area contributed by atoms with Crippen LogP contribution in [-0.4, -0.2) is 6.29 Å². The molecule has 1 heterocycles. The van der Waals surface area contributed by atoms with Crippen molar-refractivity contribution in [3.05, 3.63) is 45.9 Å². The predicted octanol–water partition coefficient (Wildman–Crippen LogP) is 3.68. The molecular weight excluding hydrogens is 211 g/mol. The fraction of sp³-hybridized carbons (Fsp3) is 0.0833. The minimum absolute atomic E-state index is 0.320. The summed E-state index contributed by atoms with van der Waals surface area (Å²) in [5.74, 6) is -0.320. The van der Waals surface area contributed by atoms with E-state index >= 15 is 0 Å². The lowest BCUT2D eigenvalue weighted by Crippen LogP contribution is -1.87. The highest BCUT2D eigenvalue weighted by molar-refractivity contribution is 7.10. The van der Waals surface area contributed by atoms with Gasteiger partial charge in [-0.05, 0) is 47.7 Å². The lowest BCUT2D eigenvalue weighted by Gasteiger charge is -2.01. The van der Waals surface area contributed by atoms with Crippen molar-refractivity contribution in [1.29, 1.82) is 0 Å². The van der Waals surface area contributed by atoms with Crippen molar-refractivity contribution >= 4 is 17.6 Å². The van der Waals surface area contributed by atoms with Crippen molar-refractivity contribution < 1.29 is 9.18 Å². The molecule has 0 saturated carbocycles. The molecule has 0 unspecified atom stereocenters. The first-order chi connectivity index (χ1) is 7.20. The second kappa shape index (κ2) is 3.95. The van der Waals surface area contributed by atoms with Gasteiger partial charge in [-0.3, -0.25) is 4.79 Å². The highest BCUT2D eigenvalue weighted by Gasteiger charge is 2.07. The molecule has 0 fully saturated rings. The van der Waals surface area contributed by atoms with Crippen LogP contribution in [0.25, 0.3) is 11.1 Å². The minimum atomic E-state index is -0.320. The average molecular weight is 220 g/mol. The number of hydrogen-bond donors (Lipinski definition) is 0. The monoisotopic (exact) mass is 220 g/mol. The lowest BCUT2D eigenvalue weighted by molar-refractivity contribution is 0.112. The fourth-order valence-electron chi connectivity index (χ4n) is 1.47. The van der Waals surface area contributed by atoms with E-state index in [0.717, 1.165) is 16.7 Å². The van der Waals surface area contributed by atoms with Gasteiger partial charge in [-0.1, -0.05) is 0 Å². The van der Waals surface area contributed by atoms with E-state index in [9.17, 15) is 9.18 Å². The zero-order valence-corrected chi connectivity index (χ0v) is 8.98. The van der Waals surface area contributed by atoms with Gasteiger partial charge in [-0.25, -0.2) is 4.39 Å². The maximum Gasteiger partial charge on any atom is 0.150 e. The summed E-state index contributed by atoms with van der Waals surface area (Å²) in [6.07, 6.45) is 0.752. The zero-order chi connectivity index (χ0) is 10.8. The second-order valence-electron chi connectivity index (χ2n) is 3.30. The van der Waals surface area contributed by atoms with Crippen LogP contribution in [0.5, 0.6) is 0 Å². The van der Waals surface area contributed by atoms with Crippen LogP contribution in [0.4, 0.5) is 4.39 Å². The average Bonchev–Trinajstić information content (AvgIpc) is 2.65. The molecule has 0 spiro atoms. The Kier molecular flexibility index (Phi) is 2.64. The molecule has 0 amide bonds. The standard InChI is InChI=1S/C12H9FOS/c1-8-4-10(7-15-8)12-5-11(13)3-2-9(12)6-14/h2-7H,1H3. The van der Waals surface area contributed by atoms with Crippen LogP contribution in [0.3, 0.4) is 0 Å². The van der Waals surface area contributed by atoms with E-state index in [4.69, 9.17) is 0 Å². The van der Waals surface area contributed by atoms with E-state index in [-0.39, 0.29) is 5.82 Å². The van der Waals surface area contributed by atoms with Crippen LogP contribution < -0.4 is 0 Å². The SMILES string of the molecule is Cc1cc(-c2cc(F)ccc2C=O)cs1. The third kappa shape index (κ3) is 1.97. The highest BCUT2D eigenvalue weighted by atomic mass is 32.1. The van der Waals surface area contributed by atoms with Gasteiger partial charge in [0.15, 0.2) is 6.29 Å². The Morgan fingerprint density at radius 3 is 2.73 bits per heavy atom. The third-order valence-electron chi connectivity index (χ3n) is 2.18. The van der Waals surface area contributed by atoms with Gasteiger partial charge in [-0.15, -0.1) is 11.3 Å². The molecule has 0 bridgehead atoms. The molecule has 2 rings (SSSR count). The van der Waals surface area contributed by atoms with Gasteiger partial charge in [0.1, 0.15) is 5.82 Å². The predicted molar refractivity (Wildman–Crippen MR) is 59.8 cm³/mol. The first-order valence-electron chi connectivity index (χ1n) is 4.51. The fourth-order valence-corrected chi connectivity index (χ4v) is 2.17.